The molecule has 1 aromatic rings. The lowest BCUT2D eigenvalue weighted by Crippen LogP contribution is -2.60. The molecule has 0 aliphatic carbocycles. The van der Waals surface area contributed by atoms with Crippen LogP contribution in [0.2, 0.25) is 5.02 Å². The van der Waals surface area contributed by atoms with Crippen LogP contribution in [0.3, 0.4) is 0 Å². The molecule has 1 aliphatic rings. The largest absolute Gasteiger partial charge is 0.460 e. The number of benzene rings is 1. The Morgan fingerprint density at radius 3 is 2.50 bits per heavy atom. The molecule has 0 bridgehead atoms. The Balaban J connectivity index is 2.17. The average molecular weight is 336 g/mol. The Bertz CT molecular complexity index is 554. The Kier molecular flexibility index (Phi) is 5.16. The lowest BCUT2D eigenvalue weighted by Gasteiger charge is -2.39. The Hall–Kier alpha value is -1.49. The number of hydrogen-bond donors (Lipinski definition) is 4. The fourth-order valence-electron chi connectivity index (χ4n) is 1.99. The number of rotatable bonds is 4. The molecule has 0 radical (unpaired) electrons. The minimum Gasteiger partial charge on any atom is -0.460 e. The third kappa shape index (κ3) is 3.29. The van der Waals surface area contributed by atoms with Crippen molar-refractivity contribution in [2.75, 3.05) is 6.61 Å². The van der Waals surface area contributed by atoms with Crippen molar-refractivity contribution in [1.82, 2.24) is 0 Å². The monoisotopic (exact) mass is 335 g/mol. The maximum absolute atomic E-state index is 10.6. The quantitative estimate of drug-likeness (QED) is 0.423. The number of halogens is 1. The predicted octanol–water partition coefficient (Wildman–Crippen LogP) is -0.573. The van der Waals surface area contributed by atoms with E-state index in [1.807, 2.05) is 0 Å². The first kappa shape index (κ1) is 16.9. The molecule has 0 amide bonds. The van der Waals surface area contributed by atoms with Crippen LogP contribution in [-0.2, 0) is 4.74 Å². The first-order valence-electron chi connectivity index (χ1n) is 6.26. The van der Waals surface area contributed by atoms with Crippen LogP contribution in [0.5, 0.6) is 5.75 Å². The van der Waals surface area contributed by atoms with Crippen LogP contribution < -0.4 is 4.74 Å². The summed E-state index contributed by atoms with van der Waals surface area (Å²) in [7, 11) is 0. The highest BCUT2D eigenvalue weighted by atomic mass is 35.5. The minimum absolute atomic E-state index is 0.0170. The summed E-state index contributed by atoms with van der Waals surface area (Å²) in [4.78, 5) is 9.98. The van der Waals surface area contributed by atoms with Gasteiger partial charge in [0.15, 0.2) is 0 Å². The van der Waals surface area contributed by atoms with E-state index in [-0.39, 0.29) is 16.5 Å². The molecule has 22 heavy (non-hydrogen) atoms. The molecular weight excluding hydrogens is 322 g/mol. The highest BCUT2D eigenvalue weighted by Gasteiger charge is 2.44. The van der Waals surface area contributed by atoms with E-state index in [9.17, 15) is 25.4 Å². The van der Waals surface area contributed by atoms with Crippen molar-refractivity contribution in [3.8, 4) is 5.75 Å². The molecule has 2 rings (SSSR count). The highest BCUT2D eigenvalue weighted by molar-refractivity contribution is 6.32. The molecule has 0 aromatic heterocycles. The Morgan fingerprint density at radius 2 is 1.95 bits per heavy atom. The van der Waals surface area contributed by atoms with Crippen molar-refractivity contribution in [2.24, 2.45) is 0 Å². The van der Waals surface area contributed by atoms with Crippen molar-refractivity contribution < 1.29 is 34.8 Å². The van der Waals surface area contributed by atoms with Crippen molar-refractivity contribution in [1.29, 1.82) is 0 Å². The van der Waals surface area contributed by atoms with E-state index >= 15 is 0 Å². The lowest BCUT2D eigenvalue weighted by molar-refractivity contribution is -0.384. The summed E-state index contributed by atoms with van der Waals surface area (Å²) in [5.41, 5.74) is -0.244. The zero-order valence-corrected chi connectivity index (χ0v) is 11.8. The Morgan fingerprint density at radius 1 is 1.27 bits per heavy atom. The number of nitrogens with zero attached hydrogens (tertiary/aromatic N) is 1. The molecule has 1 saturated heterocycles. The molecule has 1 aromatic carbocycles. The number of non-ortho nitro benzene ring substituents is 1. The summed E-state index contributed by atoms with van der Waals surface area (Å²) in [6, 6.07) is 3.41. The average Bonchev–Trinajstić information content (AvgIpc) is 2.49. The van der Waals surface area contributed by atoms with E-state index in [4.69, 9.17) is 26.2 Å². The zero-order chi connectivity index (χ0) is 16.4. The fourth-order valence-corrected chi connectivity index (χ4v) is 2.21. The maximum Gasteiger partial charge on any atom is 0.271 e. The molecular formula is C12H14ClNO8. The summed E-state index contributed by atoms with van der Waals surface area (Å²) in [6.07, 6.45) is -7.22. The topological polar surface area (TPSA) is 143 Å². The SMILES string of the molecule is O=[N+]([O-])c1ccc(O[C@@H]2O[C@H](CO)[C@@H](O)[C@H](O)[C@H]2O)c(Cl)c1. The molecule has 0 saturated carbocycles. The second kappa shape index (κ2) is 6.73. The molecule has 1 heterocycles. The number of aliphatic hydroxyl groups excluding tert-OH is 4. The van der Waals surface area contributed by atoms with E-state index < -0.39 is 42.2 Å². The van der Waals surface area contributed by atoms with Crippen LogP contribution in [-0.4, -0.2) is 62.7 Å². The van der Waals surface area contributed by atoms with E-state index in [2.05, 4.69) is 0 Å². The van der Waals surface area contributed by atoms with Gasteiger partial charge >= 0.3 is 0 Å². The third-order valence-corrected chi connectivity index (χ3v) is 3.51. The highest BCUT2D eigenvalue weighted by Crippen LogP contribution is 2.31. The molecule has 1 aliphatic heterocycles. The van der Waals surface area contributed by atoms with Gasteiger partial charge in [-0.2, -0.15) is 0 Å². The van der Waals surface area contributed by atoms with Gasteiger partial charge in [0.25, 0.3) is 5.69 Å². The number of nitro groups is 1. The van der Waals surface area contributed by atoms with Crippen LogP contribution in [0.25, 0.3) is 0 Å². The standard InChI is InChI=1S/C12H14ClNO8/c13-6-3-5(14(19)20)1-2-7(6)21-12-11(18)10(17)9(16)8(4-15)22-12/h1-3,8-12,15-18H,4H2/t8-,9-,10+,11-,12-/m1/s1. The van der Waals surface area contributed by atoms with Crippen molar-refractivity contribution in [2.45, 2.75) is 30.7 Å². The van der Waals surface area contributed by atoms with Crippen LogP contribution in [0, 0.1) is 10.1 Å². The second-order valence-electron chi connectivity index (χ2n) is 4.69. The molecule has 10 heteroatoms. The molecule has 122 valence electrons. The number of hydrogen-bond acceptors (Lipinski definition) is 8. The van der Waals surface area contributed by atoms with Crippen LogP contribution in [0.4, 0.5) is 5.69 Å². The number of ether oxygens (including phenoxy) is 2. The maximum atomic E-state index is 10.6. The summed E-state index contributed by atoms with van der Waals surface area (Å²) >= 11 is 5.85. The van der Waals surface area contributed by atoms with E-state index in [1.54, 1.807) is 0 Å². The smallest absolute Gasteiger partial charge is 0.271 e. The first-order valence-corrected chi connectivity index (χ1v) is 6.64. The normalized spacial score (nSPS) is 31.8. The van der Waals surface area contributed by atoms with Crippen LogP contribution in [0.15, 0.2) is 18.2 Å². The summed E-state index contributed by atoms with van der Waals surface area (Å²) in [5, 5.41) is 48.7. The summed E-state index contributed by atoms with van der Waals surface area (Å²) in [6.45, 7) is -0.598. The summed E-state index contributed by atoms with van der Waals surface area (Å²) < 4.78 is 10.4. The van der Waals surface area contributed by atoms with Gasteiger partial charge in [-0.15, -0.1) is 0 Å². The first-order chi connectivity index (χ1) is 10.3. The van der Waals surface area contributed by atoms with Gasteiger partial charge in [0.1, 0.15) is 30.2 Å². The van der Waals surface area contributed by atoms with Gasteiger partial charge in [-0.1, -0.05) is 11.6 Å². The molecule has 5 atom stereocenters. The van der Waals surface area contributed by atoms with Gasteiger partial charge < -0.3 is 29.9 Å². The van der Waals surface area contributed by atoms with Crippen LogP contribution >= 0.6 is 11.6 Å². The Labute approximate surface area is 129 Å². The second-order valence-corrected chi connectivity index (χ2v) is 5.09. The predicted molar refractivity (Wildman–Crippen MR) is 72.5 cm³/mol. The van der Waals surface area contributed by atoms with Crippen molar-refractivity contribution >= 4 is 17.3 Å². The fraction of sp³-hybridized carbons (Fsp3) is 0.500. The van der Waals surface area contributed by atoms with Gasteiger partial charge in [-0.05, 0) is 6.07 Å². The van der Waals surface area contributed by atoms with Gasteiger partial charge in [0, 0.05) is 12.1 Å². The molecule has 4 N–H and O–H groups in total. The van der Waals surface area contributed by atoms with E-state index in [1.165, 1.54) is 6.07 Å². The van der Waals surface area contributed by atoms with E-state index in [0.29, 0.717) is 0 Å². The van der Waals surface area contributed by atoms with Crippen LogP contribution in [0.1, 0.15) is 0 Å². The molecule has 0 unspecified atom stereocenters. The van der Waals surface area contributed by atoms with Gasteiger partial charge in [-0.3, -0.25) is 10.1 Å². The molecule has 1 fully saturated rings. The van der Waals surface area contributed by atoms with Crippen molar-refractivity contribution in [3.05, 3.63) is 33.3 Å². The molecule has 0 spiro atoms. The zero-order valence-electron chi connectivity index (χ0n) is 11.1. The minimum atomic E-state index is -1.59. The lowest BCUT2D eigenvalue weighted by atomic mass is 9.99. The summed E-state index contributed by atoms with van der Waals surface area (Å²) in [5.74, 6) is -0.0170. The molecule has 9 nitrogen and oxygen atoms in total. The van der Waals surface area contributed by atoms with E-state index in [0.717, 1.165) is 12.1 Å². The number of nitro benzene ring substituents is 1. The number of aliphatic hydroxyl groups is 4. The van der Waals surface area contributed by atoms with Gasteiger partial charge in [-0.25, -0.2) is 0 Å². The van der Waals surface area contributed by atoms with Crippen molar-refractivity contribution in [3.63, 3.8) is 0 Å². The third-order valence-electron chi connectivity index (χ3n) is 3.22. The van der Waals surface area contributed by atoms with Gasteiger partial charge in [0.2, 0.25) is 6.29 Å². The van der Waals surface area contributed by atoms with Gasteiger partial charge in [0.05, 0.1) is 16.6 Å².